The molecule has 1 saturated heterocycles. The summed E-state index contributed by atoms with van der Waals surface area (Å²) in [5.41, 5.74) is 10.4. The highest BCUT2D eigenvalue weighted by molar-refractivity contribution is 7.23. The number of phenols is 2. The van der Waals surface area contributed by atoms with Crippen molar-refractivity contribution in [1.82, 2.24) is 25.9 Å². The number of likely N-dealkylation sites (tertiary alicyclic amines) is 1. The second kappa shape index (κ2) is 22.4. The van der Waals surface area contributed by atoms with Gasteiger partial charge in [0.25, 0.3) is 5.91 Å². The quantitative estimate of drug-likeness (QED) is 0.0292. The molecule has 5 aromatic carbocycles. The highest BCUT2D eigenvalue weighted by Crippen LogP contribution is 2.46. The standard InChI is InChI=1S/C56H58N6O8S2/c1-33(36-14-16-37(17-15-36)50-34(2)57-32-71-50)59-54(68)46-28-43(65)31-62(46)55(69)52(56(3,4)5)60-48(66)11-6-7-26-70-44-23-12-35(13-24-44)30-58-61-53(67)40-10-8-9-39(27-40)49-45-25-22-42(64)29-47(45)72-51(49)38-18-20-41(63)21-19-38/h8-10,12-25,27,29-30,32-33,43,46,52,63-65H,6-7,11,26,28,31H2,1-5H3,(H,59,68)(H,60,66)(H,61,67). The number of nitrogens with one attached hydrogen (secondary N) is 3. The maximum atomic E-state index is 14.1. The second-order valence-electron chi connectivity index (χ2n) is 19.1. The van der Waals surface area contributed by atoms with E-state index in [1.54, 1.807) is 59.9 Å². The van der Waals surface area contributed by atoms with E-state index in [1.807, 2.05) is 107 Å². The molecule has 1 fully saturated rings. The number of aromatic hydroxyl groups is 2. The number of thiophene rings is 1. The largest absolute Gasteiger partial charge is 0.508 e. The number of fused-ring (bicyclic) bond motifs is 1. The zero-order chi connectivity index (χ0) is 51.1. The van der Waals surface area contributed by atoms with Crippen molar-refractivity contribution in [3.8, 4) is 49.3 Å². The number of benzene rings is 5. The molecule has 0 bridgehead atoms. The van der Waals surface area contributed by atoms with E-state index in [-0.39, 0.29) is 48.7 Å². The predicted molar refractivity (Wildman–Crippen MR) is 283 cm³/mol. The van der Waals surface area contributed by atoms with E-state index >= 15 is 0 Å². The van der Waals surface area contributed by atoms with Crippen LogP contribution in [0.15, 0.2) is 126 Å². The smallest absolute Gasteiger partial charge is 0.271 e. The van der Waals surface area contributed by atoms with Crippen molar-refractivity contribution in [1.29, 1.82) is 0 Å². The van der Waals surface area contributed by atoms with Gasteiger partial charge in [0.2, 0.25) is 17.7 Å². The van der Waals surface area contributed by atoms with Crippen LogP contribution in [0.2, 0.25) is 0 Å². The Morgan fingerprint density at radius 1 is 0.861 bits per heavy atom. The van der Waals surface area contributed by atoms with Crippen molar-refractivity contribution in [3.05, 3.63) is 143 Å². The van der Waals surface area contributed by atoms with E-state index in [0.29, 0.717) is 30.8 Å². The molecule has 0 spiro atoms. The third kappa shape index (κ3) is 12.2. The number of phenolic OH excluding ortho intramolecular Hbond substituents is 2. The number of carbonyl (C=O) groups is 4. The lowest BCUT2D eigenvalue weighted by Crippen LogP contribution is -2.57. The number of unbranched alkanes of at least 4 members (excludes halogenated alkanes) is 1. The minimum Gasteiger partial charge on any atom is -0.508 e. The van der Waals surface area contributed by atoms with Crippen molar-refractivity contribution < 1.29 is 39.2 Å². The van der Waals surface area contributed by atoms with Crippen LogP contribution in [0.1, 0.15) is 86.6 Å². The minimum atomic E-state index is -0.926. The number of β-amino-alcohol motifs (C(OH)–C–C–N with tert-alkyl or cyclic N) is 1. The van der Waals surface area contributed by atoms with Crippen molar-refractivity contribution in [3.63, 3.8) is 0 Å². The Balaban J connectivity index is 0.790. The number of aliphatic hydroxyl groups excluding tert-OH is 1. The van der Waals surface area contributed by atoms with Gasteiger partial charge in [-0.15, -0.1) is 22.7 Å². The summed E-state index contributed by atoms with van der Waals surface area (Å²) < 4.78 is 6.82. The molecule has 0 aliphatic carbocycles. The molecule has 4 amide bonds. The fraction of sp³-hybridized carbons (Fsp3) is 0.286. The van der Waals surface area contributed by atoms with E-state index in [2.05, 4.69) is 26.1 Å². The van der Waals surface area contributed by atoms with E-state index in [0.717, 1.165) is 58.9 Å². The number of carbonyl (C=O) groups excluding carboxylic acids is 4. The first-order chi connectivity index (χ1) is 34.5. The summed E-state index contributed by atoms with van der Waals surface area (Å²) in [4.78, 5) is 62.1. The summed E-state index contributed by atoms with van der Waals surface area (Å²) in [6, 6.07) is 32.4. The summed E-state index contributed by atoms with van der Waals surface area (Å²) in [5, 5.41) is 41.8. The molecule has 3 heterocycles. The van der Waals surface area contributed by atoms with Gasteiger partial charge in [-0.3, -0.25) is 19.2 Å². The van der Waals surface area contributed by atoms with Crippen LogP contribution < -0.4 is 20.8 Å². The number of rotatable bonds is 17. The monoisotopic (exact) mass is 1010 g/mol. The number of hydrogen-bond acceptors (Lipinski definition) is 12. The van der Waals surface area contributed by atoms with Gasteiger partial charge in [0.15, 0.2) is 0 Å². The average Bonchev–Trinajstić information content (AvgIpc) is 4.09. The first kappa shape index (κ1) is 51.0. The molecular weight excluding hydrogens is 949 g/mol. The van der Waals surface area contributed by atoms with Crippen molar-refractivity contribution in [2.45, 2.75) is 84.5 Å². The molecular formula is C56H58N6O8S2. The molecule has 372 valence electrons. The number of ether oxygens (including phenoxy) is 1. The number of aryl methyl sites for hydroxylation is 1. The Morgan fingerprint density at radius 3 is 2.28 bits per heavy atom. The normalized spacial score (nSPS) is 15.6. The van der Waals surface area contributed by atoms with Crippen LogP contribution in [0, 0.1) is 12.3 Å². The van der Waals surface area contributed by atoms with Gasteiger partial charge in [-0.1, -0.05) is 57.2 Å². The highest BCUT2D eigenvalue weighted by atomic mass is 32.1. The van der Waals surface area contributed by atoms with E-state index in [9.17, 15) is 34.5 Å². The first-order valence-corrected chi connectivity index (χ1v) is 25.5. The maximum Gasteiger partial charge on any atom is 0.271 e. The lowest BCUT2D eigenvalue weighted by atomic mass is 9.85. The lowest BCUT2D eigenvalue weighted by molar-refractivity contribution is -0.144. The fourth-order valence-corrected chi connectivity index (χ4v) is 10.8. The molecule has 16 heteroatoms. The number of aliphatic hydroxyl groups is 1. The van der Waals surface area contributed by atoms with Crippen molar-refractivity contribution in [2.75, 3.05) is 13.2 Å². The second-order valence-corrected chi connectivity index (χ2v) is 21.0. The molecule has 1 aliphatic rings. The van der Waals surface area contributed by atoms with Gasteiger partial charge in [-0.25, -0.2) is 10.4 Å². The Labute approximate surface area is 426 Å². The fourth-order valence-electron chi connectivity index (χ4n) is 8.71. The van der Waals surface area contributed by atoms with Crippen molar-refractivity contribution in [2.24, 2.45) is 10.5 Å². The number of nitrogens with zero attached hydrogens (tertiary/aromatic N) is 3. The van der Waals surface area contributed by atoms with Crippen LogP contribution >= 0.6 is 22.7 Å². The number of aromatic nitrogens is 1. The number of hydrazone groups is 1. The Hall–Kier alpha value is -7.40. The van der Waals surface area contributed by atoms with E-state index in [4.69, 9.17) is 4.74 Å². The Bertz CT molecular complexity index is 3090. The summed E-state index contributed by atoms with van der Waals surface area (Å²) in [7, 11) is 0. The van der Waals surface area contributed by atoms with Crippen LogP contribution in [0.4, 0.5) is 0 Å². The summed E-state index contributed by atoms with van der Waals surface area (Å²) >= 11 is 3.09. The van der Waals surface area contributed by atoms with Gasteiger partial charge in [0, 0.05) is 45.5 Å². The van der Waals surface area contributed by atoms with E-state index in [1.165, 1.54) is 22.5 Å². The minimum absolute atomic E-state index is 0.0114. The molecule has 7 aromatic rings. The molecule has 6 N–H and O–H groups in total. The number of amides is 4. The summed E-state index contributed by atoms with van der Waals surface area (Å²) in [5.74, 6) is -0.525. The average molecular weight is 1010 g/mol. The SMILES string of the molecule is Cc1ncsc1-c1ccc(C(C)NC(=O)C2CC(O)CN2C(=O)C(NC(=O)CCCCOc2ccc(C=NNC(=O)c3cccc(-c4c(-c5ccc(O)cc5)sc5cc(O)ccc45)c3)cc2)C(C)(C)C)cc1. The zero-order valence-electron chi connectivity index (χ0n) is 40.7. The van der Waals surface area contributed by atoms with Crippen LogP contribution in [0.3, 0.4) is 0 Å². The number of hydrogen-bond donors (Lipinski definition) is 6. The maximum absolute atomic E-state index is 14.1. The van der Waals surface area contributed by atoms with Gasteiger partial charge in [-0.05, 0) is 139 Å². The molecule has 0 radical (unpaired) electrons. The molecule has 4 unspecified atom stereocenters. The summed E-state index contributed by atoms with van der Waals surface area (Å²) in [6.45, 7) is 9.77. The van der Waals surface area contributed by atoms with Crippen LogP contribution in [0.5, 0.6) is 17.2 Å². The molecule has 14 nitrogen and oxygen atoms in total. The Morgan fingerprint density at radius 2 is 1.57 bits per heavy atom. The van der Waals surface area contributed by atoms with Gasteiger partial charge < -0.3 is 35.6 Å². The van der Waals surface area contributed by atoms with Gasteiger partial charge in [0.1, 0.15) is 29.3 Å². The van der Waals surface area contributed by atoms with Crippen LogP contribution in [-0.4, -0.2) is 86.4 Å². The third-order valence-corrected chi connectivity index (χ3v) is 14.8. The first-order valence-electron chi connectivity index (χ1n) is 23.8. The molecule has 1 aliphatic heterocycles. The van der Waals surface area contributed by atoms with Crippen LogP contribution in [-0.2, 0) is 14.4 Å². The lowest BCUT2D eigenvalue weighted by Gasteiger charge is -2.35. The predicted octanol–water partition coefficient (Wildman–Crippen LogP) is 9.76. The molecule has 8 rings (SSSR count). The molecule has 72 heavy (non-hydrogen) atoms. The van der Waals surface area contributed by atoms with Gasteiger partial charge in [-0.2, -0.15) is 5.10 Å². The van der Waals surface area contributed by atoms with E-state index < -0.39 is 35.4 Å². The Kier molecular flexibility index (Phi) is 15.8. The van der Waals surface area contributed by atoms with Crippen molar-refractivity contribution >= 4 is 62.6 Å². The highest BCUT2D eigenvalue weighted by Gasteiger charge is 2.44. The van der Waals surface area contributed by atoms with Crippen LogP contribution in [0.25, 0.3) is 42.1 Å². The third-order valence-electron chi connectivity index (χ3n) is 12.6. The molecule has 2 aromatic heterocycles. The van der Waals surface area contributed by atoms with Gasteiger partial charge in [0.05, 0.1) is 41.0 Å². The summed E-state index contributed by atoms with van der Waals surface area (Å²) in [6.07, 6.45) is 2.01. The molecule has 0 saturated carbocycles. The topological polar surface area (TPSA) is 203 Å². The number of thiazole rings is 1. The molecule has 4 atom stereocenters. The van der Waals surface area contributed by atoms with Gasteiger partial charge >= 0.3 is 0 Å². The zero-order valence-corrected chi connectivity index (χ0v) is 42.4.